The molecule has 96 valence electrons. The Morgan fingerprint density at radius 2 is 1.94 bits per heavy atom. The van der Waals surface area contributed by atoms with E-state index >= 15 is 0 Å². The van der Waals surface area contributed by atoms with Gasteiger partial charge in [-0.3, -0.25) is 9.78 Å². The Bertz CT molecular complexity index is 438. The molecule has 1 atom stereocenters. The van der Waals surface area contributed by atoms with Crippen molar-refractivity contribution in [2.24, 2.45) is 5.41 Å². The molecule has 2 heterocycles. The number of nitrogens with zero attached hydrogens (tertiary/aromatic N) is 2. The van der Waals surface area contributed by atoms with Gasteiger partial charge in [0, 0.05) is 31.0 Å². The molecule has 4 heteroatoms. The summed E-state index contributed by atoms with van der Waals surface area (Å²) in [5.41, 5.74) is 0.824. The van der Waals surface area contributed by atoms with E-state index in [1.54, 1.807) is 24.5 Å². The number of carbonyl (C=O) groups is 1. The zero-order valence-corrected chi connectivity index (χ0v) is 10.4. The van der Waals surface area contributed by atoms with Gasteiger partial charge in [-0.25, -0.2) is 0 Å². The van der Waals surface area contributed by atoms with E-state index in [1.165, 1.54) is 0 Å². The first-order chi connectivity index (χ1) is 8.71. The van der Waals surface area contributed by atoms with Gasteiger partial charge in [0.15, 0.2) is 0 Å². The molecule has 1 unspecified atom stereocenters. The number of hydrogen-bond donors (Lipinski definition) is 1. The first-order valence-electron chi connectivity index (χ1n) is 6.59. The number of aliphatic hydroxyl groups is 1. The lowest BCUT2D eigenvalue weighted by atomic mass is 9.61. The molecule has 2 aliphatic rings. The van der Waals surface area contributed by atoms with Crippen LogP contribution in [0.4, 0.5) is 0 Å². The highest BCUT2D eigenvalue weighted by atomic mass is 16.3. The molecular formula is C14H18N2O2. The van der Waals surface area contributed by atoms with Crippen LogP contribution in [0.15, 0.2) is 24.5 Å². The fourth-order valence-electron chi connectivity index (χ4n) is 3.10. The molecular weight excluding hydrogens is 228 g/mol. The summed E-state index contributed by atoms with van der Waals surface area (Å²) in [6, 6.07) is 3.51. The number of pyridine rings is 1. The van der Waals surface area contributed by atoms with Gasteiger partial charge in [-0.15, -0.1) is 0 Å². The van der Waals surface area contributed by atoms with Crippen molar-refractivity contribution in [2.75, 3.05) is 13.1 Å². The minimum Gasteiger partial charge on any atom is -0.393 e. The van der Waals surface area contributed by atoms with Crippen molar-refractivity contribution < 1.29 is 9.90 Å². The van der Waals surface area contributed by atoms with E-state index in [0.717, 1.165) is 38.8 Å². The Kier molecular flexibility index (Phi) is 2.82. The minimum absolute atomic E-state index is 0.0843. The SMILES string of the molecule is O=C(c1ccncc1)N1CCC2(CCC2O)CC1. The molecule has 0 radical (unpaired) electrons. The Balaban J connectivity index is 1.65. The third-order valence-electron chi connectivity index (χ3n) is 4.60. The van der Waals surface area contributed by atoms with Crippen molar-refractivity contribution in [3.05, 3.63) is 30.1 Å². The normalized spacial score (nSPS) is 25.8. The van der Waals surface area contributed by atoms with Crippen molar-refractivity contribution in [1.82, 2.24) is 9.88 Å². The topological polar surface area (TPSA) is 53.4 Å². The van der Waals surface area contributed by atoms with Crippen molar-refractivity contribution in [2.45, 2.75) is 31.8 Å². The van der Waals surface area contributed by atoms with Crippen molar-refractivity contribution >= 4 is 5.91 Å². The summed E-state index contributed by atoms with van der Waals surface area (Å²) >= 11 is 0. The van der Waals surface area contributed by atoms with E-state index < -0.39 is 0 Å². The Hall–Kier alpha value is -1.42. The predicted octanol–water partition coefficient (Wildman–Crippen LogP) is 1.46. The highest BCUT2D eigenvalue weighted by Gasteiger charge is 2.47. The van der Waals surface area contributed by atoms with Crippen LogP contribution in [0.1, 0.15) is 36.0 Å². The van der Waals surface area contributed by atoms with Gasteiger partial charge in [-0.1, -0.05) is 0 Å². The molecule has 1 aliphatic carbocycles. The fourth-order valence-corrected chi connectivity index (χ4v) is 3.10. The molecule has 1 N–H and O–H groups in total. The van der Waals surface area contributed by atoms with E-state index in [1.807, 2.05) is 4.90 Å². The second kappa shape index (κ2) is 4.35. The first kappa shape index (κ1) is 11.7. The van der Waals surface area contributed by atoms with Crippen molar-refractivity contribution in [3.63, 3.8) is 0 Å². The van der Waals surface area contributed by atoms with E-state index in [9.17, 15) is 9.90 Å². The highest BCUT2D eigenvalue weighted by Crippen LogP contribution is 2.49. The van der Waals surface area contributed by atoms with Crippen molar-refractivity contribution in [3.8, 4) is 0 Å². The van der Waals surface area contributed by atoms with Crippen LogP contribution >= 0.6 is 0 Å². The van der Waals surface area contributed by atoms with E-state index in [4.69, 9.17) is 0 Å². The van der Waals surface area contributed by atoms with Crippen LogP contribution in [0.5, 0.6) is 0 Å². The summed E-state index contributed by atoms with van der Waals surface area (Å²) < 4.78 is 0. The lowest BCUT2D eigenvalue weighted by Gasteiger charge is -2.51. The molecule has 4 nitrogen and oxygen atoms in total. The quantitative estimate of drug-likeness (QED) is 0.816. The summed E-state index contributed by atoms with van der Waals surface area (Å²) in [5, 5.41) is 9.85. The van der Waals surface area contributed by atoms with Crippen molar-refractivity contribution in [1.29, 1.82) is 0 Å². The van der Waals surface area contributed by atoms with Gasteiger partial charge in [0.25, 0.3) is 5.91 Å². The van der Waals surface area contributed by atoms with Crippen LogP contribution in [0.25, 0.3) is 0 Å². The van der Waals surface area contributed by atoms with Gasteiger partial charge < -0.3 is 10.0 Å². The minimum atomic E-state index is -0.143. The number of aromatic nitrogens is 1. The number of aliphatic hydroxyl groups excluding tert-OH is 1. The van der Waals surface area contributed by atoms with Gasteiger partial charge in [0.2, 0.25) is 0 Å². The Morgan fingerprint density at radius 3 is 2.44 bits per heavy atom. The zero-order valence-electron chi connectivity index (χ0n) is 10.4. The zero-order chi connectivity index (χ0) is 12.6. The fraction of sp³-hybridized carbons (Fsp3) is 0.571. The van der Waals surface area contributed by atoms with E-state index in [-0.39, 0.29) is 17.4 Å². The summed E-state index contributed by atoms with van der Waals surface area (Å²) in [7, 11) is 0. The monoisotopic (exact) mass is 246 g/mol. The summed E-state index contributed by atoms with van der Waals surface area (Å²) in [4.78, 5) is 18.1. The first-order valence-corrected chi connectivity index (χ1v) is 6.59. The van der Waals surface area contributed by atoms with Crippen LogP contribution in [0.2, 0.25) is 0 Å². The maximum Gasteiger partial charge on any atom is 0.253 e. The Morgan fingerprint density at radius 1 is 1.28 bits per heavy atom. The van der Waals surface area contributed by atoms with Gasteiger partial charge >= 0.3 is 0 Å². The van der Waals surface area contributed by atoms with Crippen LogP contribution in [-0.4, -0.2) is 40.1 Å². The molecule has 1 aromatic rings. The third kappa shape index (κ3) is 1.81. The van der Waals surface area contributed by atoms with Crippen LogP contribution in [0, 0.1) is 5.41 Å². The number of piperidine rings is 1. The molecule has 1 amide bonds. The molecule has 1 aliphatic heterocycles. The van der Waals surface area contributed by atoms with E-state index in [2.05, 4.69) is 4.98 Å². The second-order valence-corrected chi connectivity index (χ2v) is 5.44. The summed E-state index contributed by atoms with van der Waals surface area (Å²) in [6.45, 7) is 1.52. The van der Waals surface area contributed by atoms with Gasteiger partial charge in [0.05, 0.1) is 6.10 Å². The number of hydrogen-bond acceptors (Lipinski definition) is 3. The number of likely N-dealkylation sites (tertiary alicyclic amines) is 1. The van der Waals surface area contributed by atoms with Gasteiger partial charge in [0.1, 0.15) is 0 Å². The number of rotatable bonds is 1. The average Bonchev–Trinajstić information content (AvgIpc) is 2.46. The lowest BCUT2D eigenvalue weighted by Crippen LogP contribution is -2.53. The van der Waals surface area contributed by atoms with Gasteiger partial charge in [-0.2, -0.15) is 0 Å². The maximum atomic E-state index is 12.2. The summed E-state index contributed by atoms with van der Waals surface area (Å²) in [6.07, 6.45) is 7.07. The Labute approximate surface area is 107 Å². The number of carbonyl (C=O) groups excluding carboxylic acids is 1. The van der Waals surface area contributed by atoms with Crippen LogP contribution in [-0.2, 0) is 0 Å². The largest absolute Gasteiger partial charge is 0.393 e. The van der Waals surface area contributed by atoms with E-state index in [0.29, 0.717) is 5.56 Å². The molecule has 0 aromatic carbocycles. The van der Waals surface area contributed by atoms with Gasteiger partial charge in [-0.05, 0) is 43.2 Å². The second-order valence-electron chi connectivity index (χ2n) is 5.44. The molecule has 1 aromatic heterocycles. The molecule has 3 rings (SSSR count). The maximum absolute atomic E-state index is 12.2. The van der Waals surface area contributed by atoms with Crippen LogP contribution in [0.3, 0.4) is 0 Å². The smallest absolute Gasteiger partial charge is 0.253 e. The van der Waals surface area contributed by atoms with Crippen LogP contribution < -0.4 is 0 Å². The lowest BCUT2D eigenvalue weighted by molar-refractivity contribution is -0.0952. The molecule has 1 spiro atoms. The standard InChI is InChI=1S/C14H18N2O2/c17-12-1-4-14(12)5-9-16(10-6-14)13(18)11-2-7-15-8-3-11/h2-3,7-8,12,17H,1,4-6,9-10H2. The molecule has 1 saturated heterocycles. The highest BCUT2D eigenvalue weighted by molar-refractivity contribution is 5.94. The molecule has 1 saturated carbocycles. The summed E-state index contributed by atoms with van der Waals surface area (Å²) in [5.74, 6) is 0.0843. The third-order valence-corrected chi connectivity index (χ3v) is 4.60. The molecule has 2 fully saturated rings. The average molecular weight is 246 g/mol. The number of amides is 1. The molecule has 18 heavy (non-hydrogen) atoms. The molecule has 0 bridgehead atoms. The predicted molar refractivity (Wildman–Crippen MR) is 67.0 cm³/mol.